The molecule has 0 fully saturated rings. The van der Waals surface area contributed by atoms with E-state index >= 15 is 0 Å². The van der Waals surface area contributed by atoms with Crippen LogP contribution < -0.4 is 5.48 Å². The molecule has 10 nitrogen and oxygen atoms in total. The summed E-state index contributed by atoms with van der Waals surface area (Å²) in [5, 5.41) is 27.8. The van der Waals surface area contributed by atoms with Crippen molar-refractivity contribution in [3.05, 3.63) is 129 Å². The van der Waals surface area contributed by atoms with E-state index in [2.05, 4.69) is 73.8 Å². The normalized spacial score (nSPS) is 25.2. The van der Waals surface area contributed by atoms with Gasteiger partial charge in [-0.05, 0) is 43.9 Å². The standard InChI is InChI=1S/C22H25N3O.C22H23N3O.CH5NO.CH4/c2*1-21(2)17-12-11-15-18(14-9-7-6-8-10-14)25(5)24-19(15)22(17,3)13-16(23-4)20(21)26;1-2-3;/h6-10,17,26H,11-13H2,1-3,5H3;6-10,13,17H,11-12H2,1-3,5H3;2-3H,1H3;1H4/t2*17-,22-;;/m00../s1/i;;;1T. The van der Waals surface area contributed by atoms with E-state index in [1.165, 1.54) is 36.8 Å². The van der Waals surface area contributed by atoms with Gasteiger partial charge in [0.25, 0.3) is 0 Å². The van der Waals surface area contributed by atoms with Crippen LogP contribution >= 0.6 is 0 Å². The van der Waals surface area contributed by atoms with Gasteiger partial charge in [0.15, 0.2) is 5.78 Å². The second-order valence-electron chi connectivity index (χ2n) is 16.9. The van der Waals surface area contributed by atoms with Gasteiger partial charge >= 0.3 is 0 Å². The molecule has 0 saturated carbocycles. The lowest BCUT2D eigenvalue weighted by Gasteiger charge is -2.52. The average molecular weight is 758 g/mol. The number of ketones is 1. The summed E-state index contributed by atoms with van der Waals surface area (Å²) in [6.07, 6.45) is 6.24. The predicted molar refractivity (Wildman–Crippen MR) is 221 cm³/mol. The largest absolute Gasteiger partial charge is 0.523 e. The molecule has 0 unspecified atom stereocenters. The summed E-state index contributed by atoms with van der Waals surface area (Å²) in [7, 11) is 6.67. The highest BCUT2D eigenvalue weighted by Crippen LogP contribution is 2.59. The Hall–Kier alpha value is -5.29. The number of carbonyl (C=O) groups is 1. The van der Waals surface area contributed by atoms with Crippen molar-refractivity contribution in [2.24, 2.45) is 36.8 Å². The molecule has 56 heavy (non-hydrogen) atoms. The van der Waals surface area contributed by atoms with E-state index in [9.17, 15) is 9.90 Å². The number of fused-ring (bicyclic) bond motifs is 6. The number of aromatic nitrogens is 4. The molecule has 2 heterocycles. The summed E-state index contributed by atoms with van der Waals surface area (Å²) < 4.78 is 9.71. The molecule has 3 N–H and O–H groups in total. The van der Waals surface area contributed by atoms with Crippen molar-refractivity contribution in [2.75, 3.05) is 7.05 Å². The Morgan fingerprint density at radius 3 is 1.75 bits per heavy atom. The van der Waals surface area contributed by atoms with Crippen molar-refractivity contribution in [1.29, 1.82) is 0 Å². The molecule has 294 valence electrons. The second-order valence-corrected chi connectivity index (χ2v) is 16.9. The fourth-order valence-corrected chi connectivity index (χ4v) is 10.6. The maximum Gasteiger partial charge on any atom is 0.226 e. The van der Waals surface area contributed by atoms with Crippen LogP contribution in [0.5, 0.6) is 0 Å². The number of carbonyl (C=O) groups excluding carboxylic acids is 1. The van der Waals surface area contributed by atoms with Crippen molar-refractivity contribution >= 4 is 5.78 Å². The zero-order valence-electron chi connectivity index (χ0n) is 35.5. The minimum absolute atomic E-state index is 0.0300. The van der Waals surface area contributed by atoms with Crippen molar-refractivity contribution in [3.63, 3.8) is 0 Å². The van der Waals surface area contributed by atoms with E-state index in [0.29, 0.717) is 12.1 Å². The molecule has 0 amide bonds. The molecule has 2 aromatic carbocycles. The van der Waals surface area contributed by atoms with Crippen LogP contribution in [-0.4, -0.2) is 42.7 Å². The lowest BCUT2D eigenvalue weighted by molar-refractivity contribution is -0.128. The summed E-state index contributed by atoms with van der Waals surface area (Å²) in [5.74, 6) is 0.667. The van der Waals surface area contributed by atoms with Gasteiger partial charge in [-0.3, -0.25) is 9.36 Å². The minimum atomic E-state index is -0.550. The summed E-state index contributed by atoms with van der Waals surface area (Å²) in [5.41, 5.74) is 10.3. The SMILES string of the molecule is CNO.[3H]C.[C-]#[N+]C1=C(O)C(C)(C)[C@@H]2CCc3c(nn(C)c3-c3ccccc3)[C@@]2(C)C1.[C-]#[N+]C1=C[C@]2(C)c3nn(C)c(-c4ccccc4)c3CC[C@H]2C(C)(C)C1=O. The number of benzene rings is 2. The molecule has 4 atom stereocenters. The summed E-state index contributed by atoms with van der Waals surface area (Å²) in [6, 6.07) is 20.7. The van der Waals surface area contributed by atoms with Gasteiger partial charge in [-0.2, -0.15) is 10.2 Å². The molecule has 4 aliphatic rings. The third-order valence-corrected chi connectivity index (χ3v) is 13.0. The van der Waals surface area contributed by atoms with Crippen LogP contribution in [0.15, 0.2) is 83.9 Å². The molecule has 0 bridgehead atoms. The number of aliphatic hydroxyl groups is 1. The molecule has 0 radical (unpaired) electrons. The number of rotatable bonds is 2. The third kappa shape index (κ3) is 6.49. The second kappa shape index (κ2) is 15.3. The molecule has 4 aromatic rings. The van der Waals surface area contributed by atoms with Crippen molar-refractivity contribution in [1.82, 2.24) is 25.0 Å². The first-order chi connectivity index (χ1) is 27.0. The molecule has 0 spiro atoms. The third-order valence-electron chi connectivity index (χ3n) is 13.0. The molecule has 8 rings (SSSR count). The van der Waals surface area contributed by atoms with Gasteiger partial charge in [-0.25, -0.2) is 15.2 Å². The Morgan fingerprint density at radius 2 is 1.27 bits per heavy atom. The zero-order chi connectivity index (χ0) is 42.1. The maximum atomic E-state index is 12.8. The van der Waals surface area contributed by atoms with E-state index in [1.54, 1.807) is 5.48 Å². The quantitative estimate of drug-likeness (QED) is 0.139. The first-order valence-electron chi connectivity index (χ1n) is 20.0. The number of allylic oxidation sites excluding steroid dienone is 4. The highest BCUT2D eigenvalue weighted by Gasteiger charge is 2.56. The van der Waals surface area contributed by atoms with Crippen molar-refractivity contribution in [2.45, 2.75) is 91.9 Å². The van der Waals surface area contributed by atoms with Gasteiger partial charge in [0.05, 0.1) is 35.9 Å². The topological polar surface area (TPSA) is 114 Å². The summed E-state index contributed by atoms with van der Waals surface area (Å²) in [4.78, 5) is 20.0. The van der Waals surface area contributed by atoms with Gasteiger partial charge in [-0.1, -0.05) is 116 Å². The molecular formula is C46H57N7O3. The monoisotopic (exact) mass is 757 g/mol. The predicted octanol–water partition coefficient (Wildman–Crippen LogP) is 9.58. The lowest BCUT2D eigenvalue weighted by Crippen LogP contribution is -2.50. The van der Waals surface area contributed by atoms with Gasteiger partial charge in [0.2, 0.25) is 11.4 Å². The molecule has 2 aromatic heterocycles. The minimum Gasteiger partial charge on any atom is -0.523 e. The fourth-order valence-electron chi connectivity index (χ4n) is 10.6. The highest BCUT2D eigenvalue weighted by atomic mass is 16.5. The number of Topliss-reactive ketones (excluding diaryl/α,β-unsaturated/α-hetero) is 1. The molecule has 0 aliphatic heterocycles. The Morgan fingerprint density at radius 1 is 0.804 bits per heavy atom. The van der Waals surface area contributed by atoms with Crippen LogP contribution in [0.1, 0.15) is 92.1 Å². The Kier molecular flexibility index (Phi) is 11.1. The fraction of sp³-hybridized carbons (Fsp3) is 0.457. The maximum absolute atomic E-state index is 12.8. The number of hydroxylamine groups is 1. The zero-order valence-corrected chi connectivity index (χ0v) is 34.5. The number of aliphatic hydroxyl groups excluding tert-OH is 1. The van der Waals surface area contributed by atoms with Crippen molar-refractivity contribution < 1.29 is 16.5 Å². The van der Waals surface area contributed by atoms with Crippen LogP contribution in [-0.2, 0) is 42.6 Å². The smallest absolute Gasteiger partial charge is 0.226 e. The van der Waals surface area contributed by atoms with E-state index in [-0.39, 0.29) is 34.5 Å². The van der Waals surface area contributed by atoms with Crippen LogP contribution in [0.2, 0.25) is 0 Å². The Balaban J connectivity index is 0.000000196. The van der Waals surface area contributed by atoms with E-state index < -0.39 is 16.2 Å². The molecule has 10 heteroatoms. The van der Waals surface area contributed by atoms with Crippen LogP contribution in [0, 0.1) is 35.8 Å². The van der Waals surface area contributed by atoms with E-state index in [1.807, 2.05) is 67.6 Å². The van der Waals surface area contributed by atoms with Gasteiger partial charge in [0.1, 0.15) is 5.76 Å². The van der Waals surface area contributed by atoms with E-state index in [0.717, 1.165) is 48.3 Å². The molecular weight excluding hydrogens is 699 g/mol. The Bertz CT molecular complexity index is 2270. The summed E-state index contributed by atoms with van der Waals surface area (Å²) in [6.45, 7) is 27.5. The number of nitrogens with one attached hydrogen (secondary N) is 1. The van der Waals surface area contributed by atoms with Crippen LogP contribution in [0.3, 0.4) is 0 Å². The highest BCUT2D eigenvalue weighted by molar-refractivity contribution is 6.02. The van der Waals surface area contributed by atoms with Gasteiger partial charge in [0, 0.05) is 66.4 Å². The van der Waals surface area contributed by atoms with Crippen molar-refractivity contribution in [3.8, 4) is 22.5 Å². The van der Waals surface area contributed by atoms with E-state index in [4.69, 9.17) is 29.9 Å². The number of nitrogens with zero attached hydrogens (tertiary/aromatic N) is 6. The van der Waals surface area contributed by atoms with Crippen LogP contribution in [0.4, 0.5) is 0 Å². The number of hydrogen-bond acceptors (Lipinski definition) is 6. The summed E-state index contributed by atoms with van der Waals surface area (Å²) >= 11 is 0. The number of hydrogen-bond donors (Lipinski definition) is 3. The molecule has 0 saturated heterocycles. The molecule has 4 aliphatic carbocycles. The average Bonchev–Trinajstić information content (AvgIpc) is 3.73. The first kappa shape index (κ1) is 40.4. The first-order valence-corrected chi connectivity index (χ1v) is 19.0. The number of aryl methyl sites for hydroxylation is 2. The Labute approximate surface area is 334 Å². The van der Waals surface area contributed by atoms with Gasteiger partial charge in [-0.15, -0.1) is 0 Å². The lowest BCUT2D eigenvalue weighted by atomic mass is 9.52. The van der Waals surface area contributed by atoms with Gasteiger partial charge < -0.3 is 15.1 Å². The van der Waals surface area contributed by atoms with Crippen LogP contribution in [0.25, 0.3) is 32.2 Å².